The van der Waals surface area contributed by atoms with Gasteiger partial charge >= 0.3 is 0 Å². The molecule has 5 rings (SSSR count). The molecule has 1 N–H and O–H groups in total. The summed E-state index contributed by atoms with van der Waals surface area (Å²) in [6, 6.07) is 15.4. The second-order valence-corrected chi connectivity index (χ2v) is 11.1. The van der Waals surface area contributed by atoms with E-state index in [-0.39, 0.29) is 16.7 Å². The van der Waals surface area contributed by atoms with E-state index in [0.717, 1.165) is 48.6 Å². The Bertz CT molecular complexity index is 1390. The number of hydrogen-bond acceptors (Lipinski definition) is 4. The standard InChI is InChI=1S/C27H29N3O4S/c1-2-3-18-30-24-15-14-23(21-8-7-9-22(25(21)24)27(30)32)28-26(31)19-10-12-20(13-11-19)35(33,34)29-16-5-4-6-17-29/h7-15H,2-6,16-18H2,1H3,(H,28,31). The monoisotopic (exact) mass is 491 g/mol. The van der Waals surface area contributed by atoms with E-state index in [0.29, 0.717) is 36.4 Å². The molecule has 1 saturated heterocycles. The second kappa shape index (κ2) is 9.43. The van der Waals surface area contributed by atoms with Crippen LogP contribution in [-0.2, 0) is 10.0 Å². The van der Waals surface area contributed by atoms with Gasteiger partial charge in [-0.3, -0.25) is 9.59 Å². The Morgan fingerprint density at radius 1 is 0.971 bits per heavy atom. The smallest absolute Gasteiger partial charge is 0.258 e. The lowest BCUT2D eigenvalue weighted by atomic mass is 10.0. The minimum absolute atomic E-state index is 0.00645. The molecule has 0 aliphatic carbocycles. The zero-order valence-corrected chi connectivity index (χ0v) is 20.6. The van der Waals surface area contributed by atoms with Crippen LogP contribution in [0, 0.1) is 0 Å². The molecule has 1 fully saturated rings. The highest BCUT2D eigenvalue weighted by atomic mass is 32.2. The van der Waals surface area contributed by atoms with E-state index in [4.69, 9.17) is 0 Å². The van der Waals surface area contributed by atoms with Gasteiger partial charge in [-0.2, -0.15) is 4.31 Å². The number of benzene rings is 3. The van der Waals surface area contributed by atoms with Gasteiger partial charge in [0.05, 0.1) is 10.6 Å². The Morgan fingerprint density at radius 2 is 1.71 bits per heavy atom. The van der Waals surface area contributed by atoms with E-state index in [1.165, 1.54) is 16.4 Å². The fourth-order valence-corrected chi connectivity index (χ4v) is 6.44. The van der Waals surface area contributed by atoms with Gasteiger partial charge in [0, 0.05) is 47.2 Å². The molecule has 182 valence electrons. The summed E-state index contributed by atoms with van der Waals surface area (Å²) in [5, 5.41) is 4.62. The number of unbranched alkanes of at least 4 members (excludes halogenated alkanes) is 1. The lowest BCUT2D eigenvalue weighted by Gasteiger charge is -2.25. The number of carbonyl (C=O) groups excluding carboxylic acids is 2. The molecule has 8 heteroatoms. The summed E-state index contributed by atoms with van der Waals surface area (Å²) in [7, 11) is -3.55. The number of nitrogens with one attached hydrogen (secondary N) is 1. The quantitative estimate of drug-likeness (QED) is 0.502. The fourth-order valence-electron chi connectivity index (χ4n) is 4.92. The topological polar surface area (TPSA) is 86.8 Å². The summed E-state index contributed by atoms with van der Waals surface area (Å²) in [6.45, 7) is 3.83. The molecule has 7 nitrogen and oxygen atoms in total. The maximum atomic E-state index is 13.0. The van der Waals surface area contributed by atoms with Gasteiger partial charge in [-0.15, -0.1) is 0 Å². The molecule has 0 radical (unpaired) electrons. The van der Waals surface area contributed by atoms with Crippen molar-refractivity contribution in [1.82, 2.24) is 4.31 Å². The summed E-state index contributed by atoms with van der Waals surface area (Å²) < 4.78 is 27.3. The van der Waals surface area contributed by atoms with Crippen molar-refractivity contribution in [3.8, 4) is 0 Å². The number of sulfonamides is 1. The molecule has 3 aromatic rings. The highest BCUT2D eigenvalue weighted by Gasteiger charge is 2.30. The maximum Gasteiger partial charge on any atom is 0.258 e. The Balaban J connectivity index is 1.39. The highest BCUT2D eigenvalue weighted by molar-refractivity contribution is 7.89. The lowest BCUT2D eigenvalue weighted by Crippen LogP contribution is -2.35. The van der Waals surface area contributed by atoms with Crippen molar-refractivity contribution < 1.29 is 18.0 Å². The molecular weight excluding hydrogens is 462 g/mol. The fraction of sp³-hybridized carbons (Fsp3) is 0.333. The van der Waals surface area contributed by atoms with E-state index < -0.39 is 10.0 Å². The number of carbonyl (C=O) groups is 2. The predicted molar refractivity (Wildman–Crippen MR) is 138 cm³/mol. The number of nitrogens with zero attached hydrogens (tertiary/aromatic N) is 2. The molecule has 0 atom stereocenters. The summed E-state index contributed by atoms with van der Waals surface area (Å²) in [6.07, 6.45) is 4.71. The molecule has 0 aromatic heterocycles. The van der Waals surface area contributed by atoms with Crippen LogP contribution in [-0.4, -0.2) is 44.2 Å². The van der Waals surface area contributed by atoms with Gasteiger partial charge in [0.25, 0.3) is 11.8 Å². The van der Waals surface area contributed by atoms with Crippen LogP contribution in [0.3, 0.4) is 0 Å². The Labute approximate surface area is 205 Å². The molecule has 2 heterocycles. The van der Waals surface area contributed by atoms with Crippen molar-refractivity contribution in [3.63, 3.8) is 0 Å². The van der Waals surface area contributed by atoms with Crippen LogP contribution >= 0.6 is 0 Å². The summed E-state index contributed by atoms with van der Waals surface area (Å²) in [4.78, 5) is 28.0. The third-order valence-corrected chi connectivity index (χ3v) is 8.75. The third kappa shape index (κ3) is 4.21. The van der Waals surface area contributed by atoms with E-state index in [1.807, 2.05) is 35.2 Å². The normalized spacial score (nSPS) is 16.1. The zero-order valence-electron chi connectivity index (χ0n) is 19.8. The van der Waals surface area contributed by atoms with Crippen LogP contribution in [0.2, 0.25) is 0 Å². The minimum Gasteiger partial charge on any atom is -0.321 e. The predicted octanol–water partition coefficient (Wildman–Crippen LogP) is 5.03. The zero-order chi connectivity index (χ0) is 24.6. The van der Waals surface area contributed by atoms with Gasteiger partial charge in [0.2, 0.25) is 10.0 Å². The molecule has 2 aliphatic rings. The van der Waals surface area contributed by atoms with E-state index in [9.17, 15) is 18.0 Å². The van der Waals surface area contributed by atoms with Crippen molar-refractivity contribution in [2.75, 3.05) is 29.9 Å². The molecule has 35 heavy (non-hydrogen) atoms. The first kappa shape index (κ1) is 23.5. The van der Waals surface area contributed by atoms with Gasteiger partial charge < -0.3 is 10.2 Å². The van der Waals surface area contributed by atoms with Gasteiger partial charge in [-0.1, -0.05) is 31.9 Å². The number of piperidine rings is 1. The number of hydrogen-bond donors (Lipinski definition) is 1. The SMILES string of the molecule is CCCCN1C(=O)c2cccc3c(NC(=O)c4ccc(S(=O)(=O)N5CCCCC5)cc4)ccc1c23. The van der Waals surface area contributed by atoms with E-state index in [2.05, 4.69) is 12.2 Å². The van der Waals surface area contributed by atoms with Gasteiger partial charge in [-0.25, -0.2) is 8.42 Å². The van der Waals surface area contributed by atoms with Crippen LogP contribution in [0.25, 0.3) is 10.8 Å². The Hall–Kier alpha value is -3.23. The summed E-state index contributed by atoms with van der Waals surface area (Å²) in [5.74, 6) is -0.340. The van der Waals surface area contributed by atoms with Crippen LogP contribution in [0.15, 0.2) is 59.5 Å². The van der Waals surface area contributed by atoms with Crippen molar-refractivity contribution in [2.45, 2.75) is 43.9 Å². The van der Waals surface area contributed by atoms with E-state index in [1.54, 1.807) is 12.1 Å². The van der Waals surface area contributed by atoms with E-state index >= 15 is 0 Å². The van der Waals surface area contributed by atoms with Crippen LogP contribution in [0.5, 0.6) is 0 Å². The summed E-state index contributed by atoms with van der Waals surface area (Å²) in [5.41, 5.74) is 2.51. The number of anilines is 2. The highest BCUT2D eigenvalue weighted by Crippen LogP contribution is 2.40. The molecular formula is C27H29N3O4S. The molecule has 2 aliphatic heterocycles. The molecule has 0 bridgehead atoms. The third-order valence-electron chi connectivity index (χ3n) is 6.84. The number of rotatable bonds is 7. The largest absolute Gasteiger partial charge is 0.321 e. The van der Waals surface area contributed by atoms with Crippen LogP contribution in [0.1, 0.15) is 59.7 Å². The summed E-state index contributed by atoms with van der Waals surface area (Å²) >= 11 is 0. The minimum atomic E-state index is -3.55. The molecule has 0 saturated carbocycles. The van der Waals surface area contributed by atoms with Crippen LogP contribution in [0.4, 0.5) is 11.4 Å². The maximum absolute atomic E-state index is 13.0. The molecule has 0 spiro atoms. The van der Waals surface area contributed by atoms with Gasteiger partial charge in [-0.05, 0) is 61.7 Å². The molecule has 2 amide bonds. The van der Waals surface area contributed by atoms with Crippen molar-refractivity contribution in [1.29, 1.82) is 0 Å². The average Bonchev–Trinajstić information content (AvgIpc) is 3.16. The van der Waals surface area contributed by atoms with Gasteiger partial charge in [0.15, 0.2) is 0 Å². The average molecular weight is 492 g/mol. The first-order valence-corrected chi connectivity index (χ1v) is 13.6. The number of amides is 2. The molecule has 0 unspecified atom stereocenters. The first-order valence-electron chi connectivity index (χ1n) is 12.2. The van der Waals surface area contributed by atoms with Crippen LogP contribution < -0.4 is 10.2 Å². The first-order chi connectivity index (χ1) is 16.9. The Kier molecular flexibility index (Phi) is 6.34. The van der Waals surface area contributed by atoms with Crippen molar-refractivity contribution in [3.05, 3.63) is 65.7 Å². The second-order valence-electron chi connectivity index (χ2n) is 9.11. The molecule has 3 aromatic carbocycles. The van der Waals surface area contributed by atoms with Gasteiger partial charge in [0.1, 0.15) is 0 Å². The Morgan fingerprint density at radius 3 is 2.43 bits per heavy atom. The lowest BCUT2D eigenvalue weighted by molar-refractivity contribution is 0.0991. The van der Waals surface area contributed by atoms with Crippen molar-refractivity contribution in [2.24, 2.45) is 0 Å². The van der Waals surface area contributed by atoms with Crippen molar-refractivity contribution >= 4 is 44.0 Å².